The van der Waals surface area contributed by atoms with Crippen molar-refractivity contribution in [2.75, 3.05) is 0 Å². The maximum absolute atomic E-state index is 6.64. The van der Waals surface area contributed by atoms with Crippen molar-refractivity contribution in [1.29, 1.82) is 0 Å². The van der Waals surface area contributed by atoms with E-state index in [9.17, 15) is 0 Å². The first-order chi connectivity index (χ1) is 19.8. The van der Waals surface area contributed by atoms with Gasteiger partial charge in [-0.2, -0.15) is 0 Å². The van der Waals surface area contributed by atoms with E-state index in [0.717, 1.165) is 27.4 Å². The number of benzene rings is 5. The van der Waals surface area contributed by atoms with E-state index < -0.39 is 23.7 Å². The molecule has 2 heterocycles. The molecule has 0 N–H and O–H groups in total. The third kappa shape index (κ3) is 2.73. The van der Waals surface area contributed by atoms with Gasteiger partial charge in [0.15, 0.2) is 0 Å². The summed E-state index contributed by atoms with van der Waals surface area (Å²) in [6.07, 6.45) is 0. The van der Waals surface area contributed by atoms with Crippen LogP contribution in [-0.2, 0) is 14.7 Å². The molecule has 4 heteroatoms. The van der Waals surface area contributed by atoms with Gasteiger partial charge in [-0.15, -0.1) is 0 Å². The lowest BCUT2D eigenvalue weighted by Crippen LogP contribution is -2.41. The first kappa shape index (κ1) is 23.6. The average molecular weight is 532 g/mol. The van der Waals surface area contributed by atoms with Crippen LogP contribution in [0.25, 0.3) is 44.2 Å². The summed E-state index contributed by atoms with van der Waals surface area (Å²) in [6, 6.07) is 37.4. The van der Waals surface area contributed by atoms with E-state index in [2.05, 4.69) is 125 Å². The fraction of sp³-hybridized carbons (Fsp3) is 0.189. The highest BCUT2D eigenvalue weighted by molar-refractivity contribution is 6.64. The second kappa shape index (κ2) is 7.58. The fourth-order valence-corrected chi connectivity index (χ4v) is 7.65. The highest BCUT2D eigenvalue weighted by atomic mass is 16.7. The minimum atomic E-state index is -0.468. The Morgan fingerprint density at radius 2 is 1.10 bits per heavy atom. The van der Waals surface area contributed by atoms with E-state index in [1.54, 1.807) is 0 Å². The molecule has 1 saturated heterocycles. The Labute approximate surface area is 239 Å². The zero-order valence-electron chi connectivity index (χ0n) is 23.6. The van der Waals surface area contributed by atoms with Crippen LogP contribution in [0.1, 0.15) is 49.9 Å². The number of hydrogen-bond donors (Lipinski definition) is 0. The molecule has 198 valence electrons. The Bertz CT molecular complexity index is 2070. The van der Waals surface area contributed by atoms with Gasteiger partial charge < -0.3 is 13.7 Å². The van der Waals surface area contributed by atoms with Gasteiger partial charge in [-0.3, -0.25) is 0 Å². The zero-order valence-corrected chi connectivity index (χ0v) is 23.6. The van der Waals surface area contributed by atoms with Gasteiger partial charge in [0.1, 0.15) is 11.2 Å². The molecule has 3 aliphatic rings. The van der Waals surface area contributed by atoms with Crippen molar-refractivity contribution >= 4 is 34.5 Å². The van der Waals surface area contributed by atoms with Crippen molar-refractivity contribution < 1.29 is 13.7 Å². The minimum Gasteiger partial charge on any atom is -0.455 e. The van der Waals surface area contributed by atoms with Crippen LogP contribution in [0.4, 0.5) is 0 Å². The number of furan rings is 1. The second-order valence-corrected chi connectivity index (χ2v) is 12.7. The monoisotopic (exact) mass is 532 g/mol. The third-order valence-corrected chi connectivity index (χ3v) is 10.2. The van der Waals surface area contributed by atoms with E-state index in [4.69, 9.17) is 13.7 Å². The van der Waals surface area contributed by atoms with Gasteiger partial charge in [-0.05, 0) is 78.2 Å². The summed E-state index contributed by atoms with van der Waals surface area (Å²) < 4.78 is 19.9. The summed E-state index contributed by atoms with van der Waals surface area (Å²) in [5.41, 5.74) is 11.7. The molecule has 0 radical (unpaired) electrons. The molecule has 3 nitrogen and oxygen atoms in total. The molecule has 5 aromatic carbocycles. The Morgan fingerprint density at radius 1 is 0.512 bits per heavy atom. The van der Waals surface area contributed by atoms with Crippen LogP contribution in [0, 0.1) is 0 Å². The van der Waals surface area contributed by atoms with Crippen LogP contribution in [-0.4, -0.2) is 18.3 Å². The van der Waals surface area contributed by atoms with Crippen molar-refractivity contribution in [1.82, 2.24) is 0 Å². The van der Waals surface area contributed by atoms with Gasteiger partial charge in [-0.1, -0.05) is 97.1 Å². The molecule has 1 atom stereocenters. The topological polar surface area (TPSA) is 31.6 Å². The van der Waals surface area contributed by atoms with Gasteiger partial charge in [0, 0.05) is 16.3 Å². The predicted octanol–water partition coefficient (Wildman–Crippen LogP) is 8.23. The van der Waals surface area contributed by atoms with E-state index in [1.807, 2.05) is 6.07 Å². The van der Waals surface area contributed by atoms with Crippen molar-refractivity contribution in [2.45, 2.75) is 44.3 Å². The molecular formula is C37H29BO3. The van der Waals surface area contributed by atoms with Crippen molar-refractivity contribution in [2.24, 2.45) is 0 Å². The Morgan fingerprint density at radius 3 is 1.83 bits per heavy atom. The van der Waals surface area contributed by atoms with Crippen LogP contribution in [0.5, 0.6) is 0 Å². The molecule has 1 unspecified atom stereocenters. The lowest BCUT2D eigenvalue weighted by atomic mass is 9.68. The first-order valence-electron chi connectivity index (χ1n) is 14.5. The van der Waals surface area contributed by atoms with Crippen LogP contribution < -0.4 is 5.46 Å². The number of fused-ring (bicyclic) bond motifs is 14. The lowest BCUT2D eigenvalue weighted by molar-refractivity contribution is 0.00578. The minimum absolute atomic E-state index is 0.421. The van der Waals surface area contributed by atoms with Gasteiger partial charge in [0.25, 0.3) is 0 Å². The Hall–Kier alpha value is -4.12. The molecule has 1 fully saturated rings. The van der Waals surface area contributed by atoms with E-state index in [0.29, 0.717) is 0 Å². The molecular weight excluding hydrogens is 503 g/mol. The number of rotatable bonds is 1. The standard InChI is InChI=1S/C37H29BO3/c1-35(2)36(3,4)41-38(40-35)30-18-11-17-28-32(30)24-13-5-8-15-26(24)37(28)27-16-9-6-14-25(27)33-29(37)21-20-23-22-12-7-10-19-31(22)39-34(23)33/h5-21H,1-4H3. The largest absolute Gasteiger partial charge is 0.495 e. The SMILES string of the molecule is CC1(C)OB(c2cccc3c2-c2ccccc2C32c3ccccc3-c3c2ccc2c3oc3ccccc32)OC1(C)C. The quantitative estimate of drug-likeness (QED) is 0.200. The molecule has 6 aromatic rings. The summed E-state index contributed by atoms with van der Waals surface area (Å²) in [7, 11) is -0.452. The van der Waals surface area contributed by atoms with Crippen molar-refractivity contribution in [3.63, 3.8) is 0 Å². The molecule has 2 aliphatic carbocycles. The molecule has 9 rings (SSSR count). The summed E-state index contributed by atoms with van der Waals surface area (Å²) in [5, 5.41) is 2.31. The lowest BCUT2D eigenvalue weighted by Gasteiger charge is -2.32. The maximum atomic E-state index is 6.64. The number of hydrogen-bond acceptors (Lipinski definition) is 3. The number of para-hydroxylation sites is 1. The average Bonchev–Trinajstić information content (AvgIpc) is 3.65. The first-order valence-corrected chi connectivity index (χ1v) is 14.5. The van der Waals surface area contributed by atoms with E-state index in [1.165, 1.54) is 44.5 Å². The highest BCUT2D eigenvalue weighted by Gasteiger charge is 2.56. The normalized spacial score (nSPS) is 20.9. The predicted molar refractivity (Wildman–Crippen MR) is 166 cm³/mol. The Kier molecular flexibility index (Phi) is 4.36. The summed E-state index contributed by atoms with van der Waals surface area (Å²) >= 11 is 0. The summed E-state index contributed by atoms with van der Waals surface area (Å²) in [6.45, 7) is 8.47. The fourth-order valence-electron chi connectivity index (χ4n) is 7.65. The van der Waals surface area contributed by atoms with Crippen LogP contribution >= 0.6 is 0 Å². The molecule has 0 saturated carbocycles. The molecule has 1 aromatic heterocycles. The smallest absolute Gasteiger partial charge is 0.455 e. The third-order valence-electron chi connectivity index (χ3n) is 10.2. The molecule has 1 spiro atoms. The summed E-state index contributed by atoms with van der Waals surface area (Å²) in [5.74, 6) is 0. The van der Waals surface area contributed by atoms with Gasteiger partial charge in [0.2, 0.25) is 0 Å². The van der Waals surface area contributed by atoms with Crippen LogP contribution in [0.15, 0.2) is 108 Å². The second-order valence-electron chi connectivity index (χ2n) is 12.7. The molecule has 0 amide bonds. The zero-order chi connectivity index (χ0) is 27.7. The van der Waals surface area contributed by atoms with Gasteiger partial charge >= 0.3 is 7.12 Å². The highest BCUT2D eigenvalue weighted by Crippen LogP contribution is 2.63. The van der Waals surface area contributed by atoms with E-state index in [-0.39, 0.29) is 0 Å². The van der Waals surface area contributed by atoms with Crippen LogP contribution in [0.3, 0.4) is 0 Å². The van der Waals surface area contributed by atoms with Gasteiger partial charge in [-0.25, -0.2) is 0 Å². The van der Waals surface area contributed by atoms with Crippen molar-refractivity contribution in [3.8, 4) is 22.3 Å². The molecule has 1 aliphatic heterocycles. The van der Waals surface area contributed by atoms with Gasteiger partial charge in [0.05, 0.1) is 16.6 Å². The Balaban J connectivity index is 1.40. The molecule has 41 heavy (non-hydrogen) atoms. The van der Waals surface area contributed by atoms with E-state index >= 15 is 0 Å². The maximum Gasteiger partial charge on any atom is 0.495 e. The molecule has 0 bridgehead atoms. The van der Waals surface area contributed by atoms with Crippen molar-refractivity contribution in [3.05, 3.63) is 125 Å². The summed E-state index contributed by atoms with van der Waals surface area (Å²) in [4.78, 5) is 0. The van der Waals surface area contributed by atoms with Crippen LogP contribution in [0.2, 0.25) is 0 Å².